The van der Waals surface area contributed by atoms with Gasteiger partial charge < -0.3 is 5.32 Å². The summed E-state index contributed by atoms with van der Waals surface area (Å²) >= 11 is 1.82. The van der Waals surface area contributed by atoms with Gasteiger partial charge in [0.15, 0.2) is 0 Å². The van der Waals surface area contributed by atoms with Gasteiger partial charge in [0.25, 0.3) is 0 Å². The van der Waals surface area contributed by atoms with Crippen molar-refractivity contribution < 1.29 is 0 Å². The molecule has 19 heavy (non-hydrogen) atoms. The van der Waals surface area contributed by atoms with Crippen molar-refractivity contribution in [3.8, 4) is 11.1 Å². The van der Waals surface area contributed by atoms with E-state index >= 15 is 0 Å². The van der Waals surface area contributed by atoms with Crippen LogP contribution in [0.4, 0.5) is 0 Å². The fourth-order valence-electron chi connectivity index (χ4n) is 2.54. The third-order valence-corrected chi connectivity index (χ3v) is 4.37. The Morgan fingerprint density at radius 1 is 1.11 bits per heavy atom. The van der Waals surface area contributed by atoms with Gasteiger partial charge >= 0.3 is 0 Å². The monoisotopic (exact) mass is 267 g/mol. The lowest BCUT2D eigenvalue weighted by Gasteiger charge is -2.08. The van der Waals surface area contributed by atoms with Crippen molar-refractivity contribution in [3.63, 3.8) is 0 Å². The van der Waals surface area contributed by atoms with Gasteiger partial charge in [0.1, 0.15) is 0 Å². The van der Waals surface area contributed by atoms with E-state index in [1.165, 1.54) is 32.3 Å². The summed E-state index contributed by atoms with van der Waals surface area (Å²) in [7, 11) is 1.99. The molecule has 0 aliphatic heterocycles. The zero-order chi connectivity index (χ0) is 13.2. The maximum Gasteiger partial charge on any atom is 0.0296 e. The average Bonchev–Trinajstić information content (AvgIpc) is 2.87. The number of fused-ring (bicyclic) bond motifs is 1. The average molecular weight is 267 g/mol. The van der Waals surface area contributed by atoms with Gasteiger partial charge in [-0.05, 0) is 52.9 Å². The molecule has 1 nitrogen and oxygen atoms in total. The first kappa shape index (κ1) is 12.4. The van der Waals surface area contributed by atoms with E-state index in [1.807, 2.05) is 18.4 Å². The van der Waals surface area contributed by atoms with Crippen molar-refractivity contribution >= 4 is 22.1 Å². The highest BCUT2D eigenvalue weighted by Gasteiger charge is 2.09. The van der Waals surface area contributed by atoms with Crippen molar-refractivity contribution in [2.45, 2.75) is 13.5 Å². The molecule has 0 aliphatic carbocycles. The first-order valence-electron chi connectivity index (χ1n) is 6.50. The number of thiophene rings is 1. The molecule has 0 atom stereocenters. The van der Waals surface area contributed by atoms with E-state index in [2.05, 4.69) is 60.1 Å². The summed E-state index contributed by atoms with van der Waals surface area (Å²) in [4.78, 5) is 1.38. The van der Waals surface area contributed by atoms with Crippen LogP contribution in [-0.2, 0) is 6.54 Å². The zero-order valence-corrected chi connectivity index (χ0v) is 12.1. The van der Waals surface area contributed by atoms with Crippen LogP contribution < -0.4 is 5.32 Å². The molecule has 0 unspecified atom stereocenters. The Balaban J connectivity index is 2.19. The molecule has 3 aromatic rings. The Hall–Kier alpha value is -1.64. The minimum Gasteiger partial charge on any atom is -0.315 e. The van der Waals surface area contributed by atoms with Gasteiger partial charge in [0.05, 0.1) is 0 Å². The number of nitrogens with one attached hydrogen (secondary N) is 1. The minimum atomic E-state index is 0.939. The van der Waals surface area contributed by atoms with Crippen LogP contribution in [0.3, 0.4) is 0 Å². The van der Waals surface area contributed by atoms with Gasteiger partial charge in [-0.1, -0.05) is 36.4 Å². The molecule has 0 bridgehead atoms. The summed E-state index contributed by atoms with van der Waals surface area (Å²) in [6.45, 7) is 3.13. The second-order valence-electron chi connectivity index (χ2n) is 4.81. The van der Waals surface area contributed by atoms with E-state index < -0.39 is 0 Å². The molecule has 0 saturated carbocycles. The SMILES string of the molecule is CNCc1cc(-c2c(C)ccc3ccccc23)cs1. The van der Waals surface area contributed by atoms with Gasteiger partial charge in [-0.25, -0.2) is 0 Å². The van der Waals surface area contributed by atoms with Crippen LogP contribution in [0.1, 0.15) is 10.4 Å². The molecule has 0 saturated heterocycles. The molecule has 1 heterocycles. The lowest BCUT2D eigenvalue weighted by atomic mass is 9.95. The second kappa shape index (κ2) is 5.16. The van der Waals surface area contributed by atoms with Gasteiger partial charge in [-0.3, -0.25) is 0 Å². The lowest BCUT2D eigenvalue weighted by molar-refractivity contribution is 0.831. The summed E-state index contributed by atoms with van der Waals surface area (Å²) in [6.07, 6.45) is 0. The maximum atomic E-state index is 3.21. The number of hydrogen-bond donors (Lipinski definition) is 1. The Labute approximate surface area is 117 Å². The van der Waals surface area contributed by atoms with E-state index in [0.29, 0.717) is 0 Å². The Morgan fingerprint density at radius 3 is 2.79 bits per heavy atom. The zero-order valence-electron chi connectivity index (χ0n) is 11.2. The van der Waals surface area contributed by atoms with Gasteiger partial charge in [-0.2, -0.15) is 0 Å². The molecule has 96 valence electrons. The minimum absolute atomic E-state index is 0.939. The third-order valence-electron chi connectivity index (χ3n) is 3.43. The quantitative estimate of drug-likeness (QED) is 0.731. The molecular weight excluding hydrogens is 250 g/mol. The topological polar surface area (TPSA) is 12.0 Å². The first-order chi connectivity index (χ1) is 9.29. The highest BCUT2D eigenvalue weighted by Crippen LogP contribution is 2.34. The van der Waals surface area contributed by atoms with E-state index in [9.17, 15) is 0 Å². The highest BCUT2D eigenvalue weighted by atomic mass is 32.1. The van der Waals surface area contributed by atoms with Gasteiger partial charge in [-0.15, -0.1) is 11.3 Å². The second-order valence-corrected chi connectivity index (χ2v) is 5.81. The predicted molar refractivity (Wildman–Crippen MR) is 84.8 cm³/mol. The molecule has 0 aliphatic rings. The Bertz CT molecular complexity index is 712. The third kappa shape index (κ3) is 2.29. The molecule has 2 heteroatoms. The number of rotatable bonds is 3. The van der Waals surface area contributed by atoms with Crippen molar-refractivity contribution in [1.82, 2.24) is 5.32 Å². The smallest absolute Gasteiger partial charge is 0.0296 e. The Morgan fingerprint density at radius 2 is 1.95 bits per heavy atom. The Kier molecular flexibility index (Phi) is 3.36. The highest BCUT2D eigenvalue weighted by molar-refractivity contribution is 7.10. The fourth-order valence-corrected chi connectivity index (χ4v) is 3.43. The van der Waals surface area contributed by atoms with Crippen molar-refractivity contribution in [2.24, 2.45) is 0 Å². The molecular formula is C17H17NS. The van der Waals surface area contributed by atoms with E-state index in [4.69, 9.17) is 0 Å². The van der Waals surface area contributed by atoms with E-state index in [-0.39, 0.29) is 0 Å². The molecule has 1 N–H and O–H groups in total. The van der Waals surface area contributed by atoms with Crippen LogP contribution in [0.25, 0.3) is 21.9 Å². The molecule has 0 spiro atoms. The summed E-state index contributed by atoms with van der Waals surface area (Å²) < 4.78 is 0. The van der Waals surface area contributed by atoms with Crippen LogP contribution >= 0.6 is 11.3 Å². The summed E-state index contributed by atoms with van der Waals surface area (Å²) in [5, 5.41) is 8.13. The first-order valence-corrected chi connectivity index (χ1v) is 7.38. The maximum absolute atomic E-state index is 3.21. The standard InChI is InChI=1S/C17H17NS/c1-12-7-8-13-5-3-4-6-16(13)17(12)14-9-15(10-18-2)19-11-14/h3-9,11,18H,10H2,1-2H3. The van der Waals surface area contributed by atoms with E-state index in [1.54, 1.807) is 0 Å². The summed E-state index contributed by atoms with van der Waals surface area (Å²) in [5.74, 6) is 0. The number of aryl methyl sites for hydroxylation is 1. The van der Waals surface area contributed by atoms with Crippen LogP contribution in [0.15, 0.2) is 47.8 Å². The van der Waals surface area contributed by atoms with Crippen LogP contribution in [0.2, 0.25) is 0 Å². The summed E-state index contributed by atoms with van der Waals surface area (Å²) in [5.41, 5.74) is 4.05. The molecule has 3 rings (SSSR count). The number of hydrogen-bond acceptors (Lipinski definition) is 2. The normalized spacial score (nSPS) is 11.1. The van der Waals surface area contributed by atoms with E-state index in [0.717, 1.165) is 6.54 Å². The summed E-state index contributed by atoms with van der Waals surface area (Å²) in [6, 6.07) is 15.3. The molecule has 0 amide bonds. The van der Waals surface area contributed by atoms with Crippen LogP contribution in [-0.4, -0.2) is 7.05 Å². The van der Waals surface area contributed by atoms with Crippen molar-refractivity contribution in [2.75, 3.05) is 7.05 Å². The van der Waals surface area contributed by atoms with Crippen LogP contribution in [0, 0.1) is 6.92 Å². The lowest BCUT2D eigenvalue weighted by Crippen LogP contribution is -2.02. The molecule has 1 aromatic heterocycles. The fraction of sp³-hybridized carbons (Fsp3) is 0.176. The predicted octanol–water partition coefficient (Wildman–Crippen LogP) is 4.60. The molecule has 0 fully saturated rings. The molecule has 2 aromatic carbocycles. The molecule has 0 radical (unpaired) electrons. The van der Waals surface area contributed by atoms with Crippen molar-refractivity contribution in [1.29, 1.82) is 0 Å². The van der Waals surface area contributed by atoms with Gasteiger partial charge in [0, 0.05) is 11.4 Å². The van der Waals surface area contributed by atoms with Gasteiger partial charge in [0.2, 0.25) is 0 Å². The van der Waals surface area contributed by atoms with Crippen molar-refractivity contribution in [3.05, 3.63) is 58.3 Å². The van der Waals surface area contributed by atoms with Crippen LogP contribution in [0.5, 0.6) is 0 Å². The largest absolute Gasteiger partial charge is 0.315 e. The number of benzene rings is 2.